The van der Waals surface area contributed by atoms with Gasteiger partial charge in [0.25, 0.3) is 0 Å². The molecule has 1 atom stereocenters. The van der Waals surface area contributed by atoms with Gasteiger partial charge in [0.15, 0.2) is 0 Å². The van der Waals surface area contributed by atoms with Gasteiger partial charge >= 0.3 is 0 Å². The van der Waals surface area contributed by atoms with Gasteiger partial charge in [0.1, 0.15) is 5.84 Å². The largest absolute Gasteiger partial charge is 0.312 e. The van der Waals surface area contributed by atoms with Crippen LogP contribution in [0.5, 0.6) is 0 Å². The van der Waals surface area contributed by atoms with Crippen molar-refractivity contribution in [3.63, 3.8) is 0 Å². The maximum atomic E-state index is 5.39. The molecule has 1 unspecified atom stereocenters. The lowest BCUT2D eigenvalue weighted by atomic mass is 9.84. The molecule has 3 nitrogen and oxygen atoms in total. The molecule has 0 rings (SSSR count). The van der Waals surface area contributed by atoms with Crippen LogP contribution < -0.4 is 11.3 Å². The highest BCUT2D eigenvalue weighted by Gasteiger charge is 2.16. The Morgan fingerprint density at radius 2 is 2.00 bits per heavy atom. The SMILES string of the molecule is CCN=C(CC(C)CC(C)(C)C)NN. The Hall–Kier alpha value is -0.570. The molecular weight excluding hydrogens is 174 g/mol. The van der Waals surface area contributed by atoms with Gasteiger partial charge in [-0.15, -0.1) is 0 Å². The number of hydrogen-bond acceptors (Lipinski definition) is 2. The van der Waals surface area contributed by atoms with E-state index < -0.39 is 0 Å². The maximum absolute atomic E-state index is 5.39. The van der Waals surface area contributed by atoms with Crippen molar-refractivity contribution in [2.75, 3.05) is 6.54 Å². The van der Waals surface area contributed by atoms with Gasteiger partial charge in [-0.3, -0.25) is 4.99 Å². The van der Waals surface area contributed by atoms with E-state index in [-0.39, 0.29) is 0 Å². The van der Waals surface area contributed by atoms with Gasteiger partial charge in [-0.25, -0.2) is 5.84 Å². The van der Waals surface area contributed by atoms with Gasteiger partial charge in [-0.1, -0.05) is 27.7 Å². The first kappa shape index (κ1) is 13.4. The molecule has 3 N–H and O–H groups in total. The third-order valence-corrected chi connectivity index (χ3v) is 2.02. The highest BCUT2D eigenvalue weighted by molar-refractivity contribution is 5.81. The zero-order valence-corrected chi connectivity index (χ0v) is 10.2. The van der Waals surface area contributed by atoms with Crippen molar-refractivity contribution in [1.82, 2.24) is 5.43 Å². The number of aliphatic imine (C=N–C) groups is 1. The molecule has 3 heteroatoms. The van der Waals surface area contributed by atoms with E-state index in [4.69, 9.17) is 5.84 Å². The molecule has 84 valence electrons. The van der Waals surface area contributed by atoms with Gasteiger partial charge < -0.3 is 5.43 Å². The molecular formula is C11H25N3. The summed E-state index contributed by atoms with van der Waals surface area (Å²) < 4.78 is 0. The fourth-order valence-electron chi connectivity index (χ4n) is 1.81. The van der Waals surface area contributed by atoms with Crippen LogP contribution in [0.4, 0.5) is 0 Å². The summed E-state index contributed by atoms with van der Waals surface area (Å²) in [5, 5.41) is 0. The third-order valence-electron chi connectivity index (χ3n) is 2.02. The average Bonchev–Trinajstić information content (AvgIpc) is 2.00. The molecule has 0 fully saturated rings. The second-order valence-electron chi connectivity index (χ2n) is 5.14. The van der Waals surface area contributed by atoms with Crippen molar-refractivity contribution in [2.45, 2.75) is 47.5 Å². The fraction of sp³-hybridized carbons (Fsp3) is 0.909. The monoisotopic (exact) mass is 199 g/mol. The van der Waals surface area contributed by atoms with E-state index in [0.29, 0.717) is 11.3 Å². The van der Waals surface area contributed by atoms with Crippen LogP contribution in [0, 0.1) is 11.3 Å². The average molecular weight is 199 g/mol. The zero-order chi connectivity index (χ0) is 11.2. The summed E-state index contributed by atoms with van der Waals surface area (Å²) in [6.07, 6.45) is 2.14. The summed E-state index contributed by atoms with van der Waals surface area (Å²) in [6.45, 7) is 11.8. The molecule has 0 spiro atoms. The predicted molar refractivity (Wildman–Crippen MR) is 63.2 cm³/mol. The third kappa shape index (κ3) is 6.89. The number of hydrazine groups is 1. The summed E-state index contributed by atoms with van der Waals surface area (Å²) in [5.74, 6) is 6.93. The zero-order valence-electron chi connectivity index (χ0n) is 10.2. The minimum absolute atomic E-state index is 0.380. The lowest BCUT2D eigenvalue weighted by Crippen LogP contribution is -2.32. The molecule has 14 heavy (non-hydrogen) atoms. The minimum Gasteiger partial charge on any atom is -0.312 e. The summed E-state index contributed by atoms with van der Waals surface area (Å²) in [7, 11) is 0. The standard InChI is InChI=1S/C11H25N3/c1-6-13-10(14-12)7-9(2)8-11(3,4)5/h9H,6-8,12H2,1-5H3,(H,13,14). The predicted octanol–water partition coefficient (Wildman–Crippen LogP) is 2.33. The Labute approximate surface area is 88.1 Å². The summed E-state index contributed by atoms with van der Waals surface area (Å²) in [5.41, 5.74) is 3.05. The van der Waals surface area contributed by atoms with Gasteiger partial charge in [0, 0.05) is 13.0 Å². The fourth-order valence-corrected chi connectivity index (χ4v) is 1.81. The number of nitrogens with one attached hydrogen (secondary N) is 1. The lowest BCUT2D eigenvalue weighted by Gasteiger charge is -2.23. The molecule has 0 radical (unpaired) electrons. The van der Waals surface area contributed by atoms with E-state index in [1.165, 1.54) is 6.42 Å². The highest BCUT2D eigenvalue weighted by atomic mass is 15.2. The second-order valence-corrected chi connectivity index (χ2v) is 5.14. The van der Waals surface area contributed by atoms with Gasteiger partial charge in [0.2, 0.25) is 0 Å². The molecule has 0 aliphatic heterocycles. The molecule has 0 heterocycles. The Kier molecular flexibility index (Phi) is 5.77. The number of nitrogens with two attached hydrogens (primary N) is 1. The molecule has 0 aromatic heterocycles. The van der Waals surface area contributed by atoms with Gasteiger partial charge in [-0.05, 0) is 24.7 Å². The normalized spacial score (nSPS) is 15.4. The van der Waals surface area contributed by atoms with Crippen LogP contribution in [-0.4, -0.2) is 12.4 Å². The summed E-state index contributed by atoms with van der Waals surface area (Å²) >= 11 is 0. The molecule has 0 saturated carbocycles. The molecule has 0 amide bonds. The van der Waals surface area contributed by atoms with E-state index >= 15 is 0 Å². The topological polar surface area (TPSA) is 50.4 Å². The van der Waals surface area contributed by atoms with Crippen molar-refractivity contribution in [2.24, 2.45) is 22.2 Å². The molecule has 0 aliphatic rings. The van der Waals surface area contributed by atoms with Crippen molar-refractivity contribution in [3.8, 4) is 0 Å². The van der Waals surface area contributed by atoms with Crippen molar-refractivity contribution in [1.29, 1.82) is 0 Å². The molecule has 0 aromatic rings. The molecule has 0 aromatic carbocycles. The van der Waals surface area contributed by atoms with E-state index in [1.807, 2.05) is 6.92 Å². The van der Waals surface area contributed by atoms with Crippen molar-refractivity contribution < 1.29 is 0 Å². The van der Waals surface area contributed by atoms with Crippen LogP contribution in [0.25, 0.3) is 0 Å². The number of amidine groups is 1. The minimum atomic E-state index is 0.380. The van der Waals surface area contributed by atoms with Crippen LogP contribution in [0.3, 0.4) is 0 Å². The Balaban J connectivity index is 4.03. The Morgan fingerprint density at radius 3 is 2.36 bits per heavy atom. The maximum Gasteiger partial charge on any atom is 0.110 e. The van der Waals surface area contributed by atoms with E-state index in [1.54, 1.807) is 0 Å². The Morgan fingerprint density at radius 1 is 1.43 bits per heavy atom. The Bertz CT molecular complexity index is 179. The highest BCUT2D eigenvalue weighted by Crippen LogP contribution is 2.25. The summed E-state index contributed by atoms with van der Waals surface area (Å²) in [6, 6.07) is 0. The first-order valence-electron chi connectivity index (χ1n) is 5.39. The number of rotatable bonds is 4. The van der Waals surface area contributed by atoms with Gasteiger partial charge in [0.05, 0.1) is 0 Å². The van der Waals surface area contributed by atoms with E-state index in [9.17, 15) is 0 Å². The molecule has 0 saturated heterocycles. The number of hydrogen-bond donors (Lipinski definition) is 2. The first-order valence-corrected chi connectivity index (χ1v) is 5.39. The van der Waals surface area contributed by atoms with Crippen LogP contribution in [0.2, 0.25) is 0 Å². The molecule has 0 bridgehead atoms. The van der Waals surface area contributed by atoms with E-state index in [2.05, 4.69) is 38.1 Å². The van der Waals surface area contributed by atoms with Crippen molar-refractivity contribution >= 4 is 5.84 Å². The summed E-state index contributed by atoms with van der Waals surface area (Å²) in [4.78, 5) is 4.29. The van der Waals surface area contributed by atoms with Gasteiger partial charge in [-0.2, -0.15) is 0 Å². The lowest BCUT2D eigenvalue weighted by molar-refractivity contribution is 0.311. The molecule has 0 aliphatic carbocycles. The van der Waals surface area contributed by atoms with Crippen LogP contribution in [0.1, 0.15) is 47.5 Å². The number of nitrogens with zero attached hydrogens (tertiary/aromatic N) is 1. The quantitative estimate of drug-likeness (QED) is 0.316. The second kappa shape index (κ2) is 6.02. The van der Waals surface area contributed by atoms with E-state index in [0.717, 1.165) is 18.8 Å². The first-order chi connectivity index (χ1) is 6.39. The van der Waals surface area contributed by atoms with Crippen molar-refractivity contribution in [3.05, 3.63) is 0 Å². The van der Waals surface area contributed by atoms with Crippen LogP contribution in [0.15, 0.2) is 4.99 Å². The smallest absolute Gasteiger partial charge is 0.110 e. The van der Waals surface area contributed by atoms with Crippen LogP contribution >= 0.6 is 0 Å². The van der Waals surface area contributed by atoms with Crippen LogP contribution in [-0.2, 0) is 0 Å².